The predicted octanol–water partition coefficient (Wildman–Crippen LogP) is 1.61. The molecule has 1 aromatic carbocycles. The topological polar surface area (TPSA) is 123 Å². The Bertz CT molecular complexity index is 796. The molecule has 0 spiro atoms. The third-order valence-electron chi connectivity index (χ3n) is 4.27. The summed E-state index contributed by atoms with van der Waals surface area (Å²) in [5, 5.41) is 30.5. The zero-order valence-electron chi connectivity index (χ0n) is 15.9. The molecule has 0 amide bonds. The van der Waals surface area contributed by atoms with E-state index < -0.39 is 35.8 Å². The third kappa shape index (κ3) is 4.71. The van der Waals surface area contributed by atoms with Gasteiger partial charge in [-0.2, -0.15) is 0 Å². The average Bonchev–Trinajstić information content (AvgIpc) is 2.65. The van der Waals surface area contributed by atoms with Crippen LogP contribution in [-0.2, 0) is 9.53 Å². The molecule has 2 rings (SSSR count). The number of methoxy groups -OCH3 is 2. The molecule has 1 aromatic rings. The molecule has 8 nitrogen and oxygen atoms in total. The van der Waals surface area contributed by atoms with Crippen LogP contribution in [0.1, 0.15) is 35.7 Å². The lowest BCUT2D eigenvalue weighted by atomic mass is 10.0. The second-order valence-electron chi connectivity index (χ2n) is 6.33. The number of ether oxygens (including phenoxy) is 3. The van der Waals surface area contributed by atoms with E-state index in [4.69, 9.17) is 14.2 Å². The van der Waals surface area contributed by atoms with Gasteiger partial charge in [0, 0.05) is 6.42 Å². The number of benzene rings is 1. The standard InChI is InChI=1S/C20H24O8/c1-11-6-4-8-13(21)17(23)14(22)9-5-7-12-10-15(26-2)19(27-3)18(24)16(12)20(25)28-11/h4-5,7-8,10-11,14,17,22-24H,6,9H2,1-3H3/b7-5+,8-4-/t11-,14-,17+/m0/s1. The minimum absolute atomic E-state index is 0.0127. The second-order valence-corrected chi connectivity index (χ2v) is 6.33. The molecule has 0 aliphatic carbocycles. The number of aliphatic hydroxyl groups is 2. The van der Waals surface area contributed by atoms with Crippen LogP contribution in [0.5, 0.6) is 17.2 Å². The van der Waals surface area contributed by atoms with Gasteiger partial charge in [-0.15, -0.1) is 0 Å². The van der Waals surface area contributed by atoms with E-state index in [0.29, 0.717) is 0 Å². The van der Waals surface area contributed by atoms with Crippen LogP contribution in [-0.4, -0.2) is 59.6 Å². The lowest BCUT2D eigenvalue weighted by Gasteiger charge is -2.18. The van der Waals surface area contributed by atoms with Crippen molar-refractivity contribution in [3.63, 3.8) is 0 Å². The highest BCUT2D eigenvalue weighted by molar-refractivity contribution is 5.98. The molecule has 3 N–H and O–H groups in total. The van der Waals surface area contributed by atoms with Crippen LogP contribution in [0.2, 0.25) is 0 Å². The Morgan fingerprint density at radius 1 is 1.07 bits per heavy atom. The summed E-state index contributed by atoms with van der Waals surface area (Å²) in [7, 11) is 2.71. The summed E-state index contributed by atoms with van der Waals surface area (Å²) in [6, 6.07) is 1.48. The van der Waals surface area contributed by atoms with Gasteiger partial charge in [-0.3, -0.25) is 4.79 Å². The maximum atomic E-state index is 12.7. The molecule has 152 valence electrons. The van der Waals surface area contributed by atoms with Crippen LogP contribution < -0.4 is 9.47 Å². The zero-order chi connectivity index (χ0) is 20.8. The van der Waals surface area contributed by atoms with Gasteiger partial charge in [-0.25, -0.2) is 4.79 Å². The monoisotopic (exact) mass is 392 g/mol. The Morgan fingerprint density at radius 2 is 1.75 bits per heavy atom. The summed E-state index contributed by atoms with van der Waals surface area (Å²) in [6.45, 7) is 1.62. The molecule has 28 heavy (non-hydrogen) atoms. The first kappa shape index (κ1) is 21.5. The largest absolute Gasteiger partial charge is 0.504 e. The van der Waals surface area contributed by atoms with Gasteiger partial charge in [-0.1, -0.05) is 18.2 Å². The van der Waals surface area contributed by atoms with Crippen molar-refractivity contribution in [2.75, 3.05) is 14.2 Å². The maximum absolute atomic E-state index is 12.7. The number of phenolic OH excluding ortho intramolecular Hbond substituents is 1. The normalized spacial score (nSPS) is 25.8. The molecule has 1 aliphatic heterocycles. The number of phenols is 1. The van der Waals surface area contributed by atoms with Crippen LogP contribution in [0.25, 0.3) is 6.08 Å². The van der Waals surface area contributed by atoms with Gasteiger partial charge in [-0.05, 0) is 31.1 Å². The van der Waals surface area contributed by atoms with Crippen molar-refractivity contribution in [2.24, 2.45) is 0 Å². The highest BCUT2D eigenvalue weighted by atomic mass is 16.5. The molecule has 0 unspecified atom stereocenters. The van der Waals surface area contributed by atoms with Crippen LogP contribution >= 0.6 is 0 Å². The number of ketones is 1. The Labute approximate surface area is 162 Å². The SMILES string of the molecule is COc1cc2c(c(O)c1OC)C(=O)O[C@@H](C)C/C=C\C(=O)[C@@H](O)[C@@H](O)C/C=C/2. The van der Waals surface area contributed by atoms with Crippen LogP contribution in [0.15, 0.2) is 24.3 Å². The molecular weight excluding hydrogens is 368 g/mol. The number of hydrogen-bond acceptors (Lipinski definition) is 8. The van der Waals surface area contributed by atoms with E-state index in [0.717, 1.165) is 6.08 Å². The van der Waals surface area contributed by atoms with Crippen LogP contribution in [0.4, 0.5) is 0 Å². The summed E-state index contributed by atoms with van der Waals surface area (Å²) in [4.78, 5) is 24.5. The van der Waals surface area contributed by atoms with E-state index in [1.54, 1.807) is 6.92 Å². The fraction of sp³-hybridized carbons (Fsp3) is 0.400. The van der Waals surface area contributed by atoms with Crippen molar-refractivity contribution in [2.45, 2.75) is 38.1 Å². The quantitative estimate of drug-likeness (QED) is 0.649. The lowest BCUT2D eigenvalue weighted by molar-refractivity contribution is -0.127. The van der Waals surface area contributed by atoms with E-state index in [1.165, 1.54) is 38.5 Å². The molecule has 0 saturated carbocycles. The first-order valence-electron chi connectivity index (χ1n) is 8.72. The van der Waals surface area contributed by atoms with Crippen molar-refractivity contribution >= 4 is 17.8 Å². The van der Waals surface area contributed by atoms with Gasteiger partial charge in [0.1, 0.15) is 17.8 Å². The number of hydrogen-bond donors (Lipinski definition) is 3. The van der Waals surface area contributed by atoms with E-state index in [9.17, 15) is 24.9 Å². The molecule has 0 aromatic heterocycles. The van der Waals surface area contributed by atoms with E-state index in [1.807, 2.05) is 0 Å². The summed E-state index contributed by atoms with van der Waals surface area (Å²) in [6.07, 6.45) is 2.19. The molecular formula is C20H24O8. The fourth-order valence-corrected chi connectivity index (χ4v) is 2.76. The number of carbonyl (C=O) groups excluding carboxylic acids is 2. The zero-order valence-corrected chi connectivity index (χ0v) is 15.9. The highest BCUT2D eigenvalue weighted by Crippen LogP contribution is 2.42. The van der Waals surface area contributed by atoms with Gasteiger partial charge < -0.3 is 29.5 Å². The first-order chi connectivity index (χ1) is 13.3. The molecule has 1 aliphatic rings. The summed E-state index contributed by atoms with van der Waals surface area (Å²) in [5.74, 6) is -1.66. The summed E-state index contributed by atoms with van der Waals surface area (Å²) < 4.78 is 15.7. The number of aliphatic hydroxyl groups excluding tert-OH is 2. The molecule has 0 bridgehead atoms. The number of rotatable bonds is 2. The van der Waals surface area contributed by atoms with E-state index >= 15 is 0 Å². The van der Waals surface area contributed by atoms with Gasteiger partial charge in [0.2, 0.25) is 5.75 Å². The number of carbonyl (C=O) groups is 2. The van der Waals surface area contributed by atoms with Crippen molar-refractivity contribution in [3.8, 4) is 17.2 Å². The smallest absolute Gasteiger partial charge is 0.342 e. The van der Waals surface area contributed by atoms with Crippen molar-refractivity contribution in [1.29, 1.82) is 0 Å². The van der Waals surface area contributed by atoms with E-state index in [2.05, 4.69) is 0 Å². The van der Waals surface area contributed by atoms with E-state index in [-0.39, 0.29) is 35.5 Å². The number of fused-ring (bicyclic) bond motifs is 1. The Balaban J connectivity index is 2.55. The average molecular weight is 392 g/mol. The minimum atomic E-state index is -1.57. The number of esters is 1. The van der Waals surface area contributed by atoms with Gasteiger partial charge in [0.25, 0.3) is 0 Å². The van der Waals surface area contributed by atoms with Crippen molar-refractivity contribution in [1.82, 2.24) is 0 Å². The third-order valence-corrected chi connectivity index (χ3v) is 4.27. The fourth-order valence-electron chi connectivity index (χ4n) is 2.76. The van der Waals surface area contributed by atoms with Crippen LogP contribution in [0.3, 0.4) is 0 Å². The second kappa shape index (κ2) is 9.38. The molecule has 3 atom stereocenters. The van der Waals surface area contributed by atoms with Gasteiger partial charge >= 0.3 is 5.97 Å². The Morgan fingerprint density at radius 3 is 2.39 bits per heavy atom. The Kier molecular flexibility index (Phi) is 7.19. The summed E-state index contributed by atoms with van der Waals surface area (Å²) in [5.41, 5.74) is 0.154. The van der Waals surface area contributed by atoms with Crippen molar-refractivity contribution in [3.05, 3.63) is 35.4 Å². The first-order valence-corrected chi connectivity index (χ1v) is 8.72. The molecule has 0 fully saturated rings. The molecule has 0 saturated heterocycles. The lowest BCUT2D eigenvalue weighted by Crippen LogP contribution is -2.32. The highest BCUT2D eigenvalue weighted by Gasteiger charge is 2.26. The molecule has 8 heteroatoms. The minimum Gasteiger partial charge on any atom is -0.504 e. The Hall–Kier alpha value is -2.84. The number of cyclic esters (lactones) is 1. The molecule has 1 heterocycles. The van der Waals surface area contributed by atoms with Gasteiger partial charge in [0.15, 0.2) is 17.3 Å². The maximum Gasteiger partial charge on any atom is 0.342 e. The van der Waals surface area contributed by atoms with Crippen molar-refractivity contribution < 1.29 is 39.1 Å². The summed E-state index contributed by atoms with van der Waals surface area (Å²) >= 11 is 0. The van der Waals surface area contributed by atoms with Gasteiger partial charge in [0.05, 0.1) is 20.3 Å². The number of aromatic hydroxyl groups is 1. The van der Waals surface area contributed by atoms with Crippen LogP contribution in [0, 0.1) is 0 Å². The molecule has 0 radical (unpaired) electrons. The predicted molar refractivity (Wildman–Crippen MR) is 101 cm³/mol.